The van der Waals surface area contributed by atoms with Gasteiger partial charge in [-0.25, -0.2) is 0 Å². The number of rotatable bonds is 9. The van der Waals surface area contributed by atoms with E-state index >= 15 is 0 Å². The van der Waals surface area contributed by atoms with Crippen LogP contribution >= 0.6 is 11.6 Å². The molecular formula is C21H26ClN5O3. The van der Waals surface area contributed by atoms with E-state index in [0.29, 0.717) is 29.3 Å². The summed E-state index contributed by atoms with van der Waals surface area (Å²) in [6, 6.07) is 3.48. The molecule has 0 aromatic carbocycles. The highest BCUT2D eigenvalue weighted by molar-refractivity contribution is 6.31. The number of carbonyl (C=O) groups excluding carboxylic acids is 1. The summed E-state index contributed by atoms with van der Waals surface area (Å²) in [4.78, 5) is 14.5. The van der Waals surface area contributed by atoms with Crippen molar-refractivity contribution in [2.45, 2.75) is 47.2 Å². The highest BCUT2D eigenvalue weighted by Gasteiger charge is 2.18. The van der Waals surface area contributed by atoms with Crippen molar-refractivity contribution in [2.75, 3.05) is 6.54 Å². The molecule has 0 saturated carbocycles. The molecule has 0 bridgehead atoms. The Hall–Kier alpha value is -2.87. The van der Waals surface area contributed by atoms with E-state index in [1.54, 1.807) is 27.8 Å². The Morgan fingerprint density at radius 1 is 1.37 bits per heavy atom. The number of hydrogen-bond acceptors (Lipinski definition) is 6. The van der Waals surface area contributed by atoms with Gasteiger partial charge in [0.05, 0.1) is 18.5 Å². The van der Waals surface area contributed by atoms with Crippen molar-refractivity contribution in [3.05, 3.63) is 46.8 Å². The third kappa shape index (κ3) is 5.18. The Kier molecular flexibility index (Phi) is 7.10. The van der Waals surface area contributed by atoms with Gasteiger partial charge in [-0.1, -0.05) is 32.4 Å². The second-order valence-corrected chi connectivity index (χ2v) is 7.80. The van der Waals surface area contributed by atoms with Crippen LogP contribution in [0.3, 0.4) is 0 Å². The van der Waals surface area contributed by atoms with Crippen molar-refractivity contribution in [3.63, 3.8) is 0 Å². The lowest BCUT2D eigenvalue weighted by atomic mass is 10.2. The molecule has 0 spiro atoms. The van der Waals surface area contributed by atoms with Crippen LogP contribution in [0.2, 0.25) is 5.15 Å². The molecule has 3 rings (SSSR count). The third-order valence-corrected chi connectivity index (χ3v) is 4.77. The van der Waals surface area contributed by atoms with Gasteiger partial charge in [-0.15, -0.1) is 10.2 Å². The van der Waals surface area contributed by atoms with Gasteiger partial charge >= 0.3 is 0 Å². The molecule has 8 nitrogen and oxygen atoms in total. The zero-order chi connectivity index (χ0) is 21.7. The quantitative estimate of drug-likeness (QED) is 0.460. The van der Waals surface area contributed by atoms with Crippen molar-refractivity contribution < 1.29 is 13.6 Å². The first-order valence-corrected chi connectivity index (χ1v) is 10.3. The van der Waals surface area contributed by atoms with Crippen molar-refractivity contribution in [2.24, 2.45) is 5.92 Å². The van der Waals surface area contributed by atoms with Crippen molar-refractivity contribution in [3.8, 4) is 11.7 Å². The Morgan fingerprint density at radius 3 is 2.83 bits per heavy atom. The molecular weight excluding hydrogens is 406 g/mol. The Morgan fingerprint density at radius 2 is 2.17 bits per heavy atom. The lowest BCUT2D eigenvalue weighted by Gasteiger charge is -2.18. The summed E-state index contributed by atoms with van der Waals surface area (Å²) in [5.74, 6) is 1.37. The van der Waals surface area contributed by atoms with Gasteiger partial charge in [0.25, 0.3) is 5.89 Å². The molecule has 0 N–H and O–H groups in total. The van der Waals surface area contributed by atoms with Gasteiger partial charge in [0, 0.05) is 24.7 Å². The molecule has 0 saturated heterocycles. The van der Waals surface area contributed by atoms with Crippen LogP contribution in [0.1, 0.15) is 44.3 Å². The first-order chi connectivity index (χ1) is 14.4. The lowest BCUT2D eigenvalue weighted by molar-refractivity contribution is -0.126. The summed E-state index contributed by atoms with van der Waals surface area (Å²) in [5.41, 5.74) is 1.53. The molecule has 9 heteroatoms. The SMILES string of the molecule is CCCN(Cc1nnc(-c2ccco2)o1)C(=O)C=Cc1c(C)nn(CC(C)C)c1Cl. The van der Waals surface area contributed by atoms with Crippen molar-refractivity contribution in [1.82, 2.24) is 24.9 Å². The normalized spacial score (nSPS) is 11.7. The minimum atomic E-state index is -0.165. The van der Waals surface area contributed by atoms with Crippen LogP contribution in [-0.2, 0) is 17.9 Å². The number of halogens is 1. The lowest BCUT2D eigenvalue weighted by Crippen LogP contribution is -2.29. The summed E-state index contributed by atoms with van der Waals surface area (Å²) in [5, 5.41) is 13.0. The van der Waals surface area contributed by atoms with E-state index in [1.165, 1.54) is 12.3 Å². The fourth-order valence-corrected chi connectivity index (χ4v) is 3.31. The standard InChI is InChI=1S/C21H26ClN5O3/c1-5-10-26(13-18-23-24-21(30-18)17-7-6-11-29-17)19(28)9-8-16-15(4)25-27(20(16)22)12-14(2)3/h6-9,11,14H,5,10,12-13H2,1-4H3. The number of carbonyl (C=O) groups is 1. The number of nitrogens with zero attached hydrogens (tertiary/aromatic N) is 5. The molecule has 3 heterocycles. The van der Waals surface area contributed by atoms with E-state index < -0.39 is 0 Å². The molecule has 0 aliphatic rings. The molecule has 3 aromatic rings. The molecule has 0 unspecified atom stereocenters. The Bertz CT molecular complexity index is 1000. The average Bonchev–Trinajstić information content (AvgIpc) is 3.42. The number of aryl methyl sites for hydroxylation is 1. The molecule has 0 aliphatic heterocycles. The number of furan rings is 1. The van der Waals surface area contributed by atoms with Gasteiger partial charge in [0.2, 0.25) is 11.8 Å². The van der Waals surface area contributed by atoms with Crippen LogP contribution in [0, 0.1) is 12.8 Å². The third-order valence-electron chi connectivity index (χ3n) is 4.37. The fraction of sp³-hybridized carbons (Fsp3) is 0.429. The summed E-state index contributed by atoms with van der Waals surface area (Å²) >= 11 is 6.46. The monoisotopic (exact) mass is 431 g/mol. The Labute approximate surface area is 180 Å². The smallest absolute Gasteiger partial charge is 0.283 e. The van der Waals surface area contributed by atoms with Crippen LogP contribution in [0.4, 0.5) is 0 Å². The topological polar surface area (TPSA) is 90.2 Å². The number of hydrogen-bond donors (Lipinski definition) is 0. The predicted octanol–water partition coefficient (Wildman–Crippen LogP) is 4.60. The predicted molar refractivity (Wildman–Crippen MR) is 114 cm³/mol. The molecule has 3 aromatic heterocycles. The first kappa shape index (κ1) is 21.8. The van der Waals surface area contributed by atoms with E-state index in [1.807, 2.05) is 13.8 Å². The van der Waals surface area contributed by atoms with Crippen LogP contribution in [0.25, 0.3) is 17.7 Å². The van der Waals surface area contributed by atoms with Gasteiger partial charge in [0.15, 0.2) is 5.76 Å². The molecule has 160 valence electrons. The molecule has 0 radical (unpaired) electrons. The average molecular weight is 432 g/mol. The van der Waals surface area contributed by atoms with Gasteiger partial charge in [0.1, 0.15) is 5.15 Å². The largest absolute Gasteiger partial charge is 0.459 e. The zero-order valence-corrected chi connectivity index (χ0v) is 18.4. The first-order valence-electron chi connectivity index (χ1n) is 9.95. The maximum absolute atomic E-state index is 12.8. The van der Waals surface area contributed by atoms with E-state index in [4.69, 9.17) is 20.4 Å². The van der Waals surface area contributed by atoms with Gasteiger partial charge in [-0.3, -0.25) is 9.48 Å². The van der Waals surface area contributed by atoms with Gasteiger partial charge < -0.3 is 13.7 Å². The minimum Gasteiger partial charge on any atom is -0.459 e. The van der Waals surface area contributed by atoms with Crippen molar-refractivity contribution >= 4 is 23.6 Å². The summed E-state index contributed by atoms with van der Waals surface area (Å²) in [7, 11) is 0. The fourth-order valence-electron chi connectivity index (χ4n) is 3.00. The van der Waals surface area contributed by atoms with Crippen LogP contribution in [0.5, 0.6) is 0 Å². The summed E-state index contributed by atoms with van der Waals surface area (Å²) < 4.78 is 12.7. The summed E-state index contributed by atoms with van der Waals surface area (Å²) in [6.45, 7) is 9.57. The van der Waals surface area contributed by atoms with Gasteiger partial charge in [-0.05, 0) is 37.5 Å². The minimum absolute atomic E-state index is 0.165. The van der Waals surface area contributed by atoms with E-state index in [-0.39, 0.29) is 18.3 Å². The highest BCUT2D eigenvalue weighted by Crippen LogP contribution is 2.23. The van der Waals surface area contributed by atoms with Crippen molar-refractivity contribution in [1.29, 1.82) is 0 Å². The molecule has 1 amide bonds. The number of aromatic nitrogens is 4. The van der Waals surface area contributed by atoms with Crippen LogP contribution in [0.15, 0.2) is 33.3 Å². The van der Waals surface area contributed by atoms with Crippen LogP contribution < -0.4 is 0 Å². The molecule has 0 fully saturated rings. The zero-order valence-electron chi connectivity index (χ0n) is 17.6. The molecule has 0 aliphatic carbocycles. The van der Waals surface area contributed by atoms with Crippen LogP contribution in [-0.4, -0.2) is 37.3 Å². The second-order valence-electron chi connectivity index (χ2n) is 7.44. The Balaban J connectivity index is 1.72. The molecule has 0 atom stereocenters. The molecule has 30 heavy (non-hydrogen) atoms. The van der Waals surface area contributed by atoms with Gasteiger partial charge in [-0.2, -0.15) is 5.10 Å². The van der Waals surface area contributed by atoms with E-state index in [9.17, 15) is 4.79 Å². The number of amides is 1. The maximum Gasteiger partial charge on any atom is 0.283 e. The van der Waals surface area contributed by atoms with E-state index in [0.717, 1.165) is 24.2 Å². The highest BCUT2D eigenvalue weighted by atomic mass is 35.5. The van der Waals surface area contributed by atoms with E-state index in [2.05, 4.69) is 29.1 Å². The second kappa shape index (κ2) is 9.75. The maximum atomic E-state index is 12.8. The summed E-state index contributed by atoms with van der Waals surface area (Å²) in [6.07, 6.45) is 5.56.